The molecule has 1 N–H and O–H groups in total. The summed E-state index contributed by atoms with van der Waals surface area (Å²) in [5.74, 6) is 0.470. The van der Waals surface area contributed by atoms with Crippen molar-refractivity contribution in [2.45, 2.75) is 6.42 Å². The molecule has 0 fully saturated rings. The lowest BCUT2D eigenvalue weighted by Crippen LogP contribution is -2.24. The maximum atomic E-state index is 12.4. The Morgan fingerprint density at radius 2 is 1.90 bits per heavy atom. The van der Waals surface area contributed by atoms with Gasteiger partial charge in [-0.1, -0.05) is 12.1 Å². The van der Waals surface area contributed by atoms with Gasteiger partial charge in [0.1, 0.15) is 0 Å². The van der Waals surface area contributed by atoms with Gasteiger partial charge in [-0.2, -0.15) is 0 Å². The third-order valence-corrected chi connectivity index (χ3v) is 7.27. The number of thiazole rings is 2. The van der Waals surface area contributed by atoms with Gasteiger partial charge in [0.15, 0.2) is 15.9 Å². The lowest BCUT2D eigenvalue weighted by atomic mass is 10.1. The third-order valence-electron chi connectivity index (χ3n) is 4.40. The summed E-state index contributed by atoms with van der Waals surface area (Å²) in [6.45, 7) is 0. The first-order valence-corrected chi connectivity index (χ1v) is 12.7. The molecule has 0 spiro atoms. The number of hydrogen-bond donors (Lipinski definition) is 1. The summed E-state index contributed by atoms with van der Waals surface area (Å²) < 4.78 is 29.8. The Bertz CT molecular complexity index is 1290. The number of nitrogens with one attached hydrogen (secondary N) is 1. The number of carbonyl (C=O) groups excluding carboxylic acids is 1. The van der Waals surface area contributed by atoms with E-state index in [1.165, 1.54) is 34.0 Å². The average molecular weight is 475 g/mol. The zero-order chi connectivity index (χ0) is 22.0. The van der Waals surface area contributed by atoms with Gasteiger partial charge in [-0.25, -0.2) is 18.4 Å². The summed E-state index contributed by atoms with van der Waals surface area (Å²) in [4.78, 5) is 21.3. The molecule has 0 aliphatic rings. The highest BCUT2D eigenvalue weighted by molar-refractivity contribution is 7.92. The number of benzene rings is 1. The Morgan fingerprint density at radius 3 is 2.58 bits per heavy atom. The molecule has 0 aliphatic heterocycles. The van der Waals surface area contributed by atoms with Crippen LogP contribution in [-0.2, 0) is 21.2 Å². The van der Waals surface area contributed by atoms with E-state index < -0.39 is 10.0 Å². The van der Waals surface area contributed by atoms with E-state index in [2.05, 4.69) is 15.3 Å². The van der Waals surface area contributed by atoms with Crippen molar-refractivity contribution in [1.82, 2.24) is 9.97 Å². The normalized spacial score (nSPS) is 11.4. The maximum absolute atomic E-state index is 12.4. The van der Waals surface area contributed by atoms with Crippen molar-refractivity contribution in [2.75, 3.05) is 22.9 Å². The second kappa shape index (κ2) is 8.61. The number of furan rings is 1. The zero-order valence-electron chi connectivity index (χ0n) is 16.6. The molecule has 8 nitrogen and oxygen atoms in total. The van der Waals surface area contributed by atoms with E-state index in [1.807, 2.05) is 16.8 Å². The number of amides is 1. The SMILES string of the molecule is CN(c1ccc(-c2csc(NC(=O)Cc3csc(-c4ccco4)n3)n2)cc1)S(C)(=O)=O. The monoisotopic (exact) mass is 474 g/mol. The summed E-state index contributed by atoms with van der Waals surface area (Å²) >= 11 is 2.74. The lowest BCUT2D eigenvalue weighted by Gasteiger charge is -2.16. The molecule has 0 aliphatic carbocycles. The van der Waals surface area contributed by atoms with Crippen molar-refractivity contribution in [3.63, 3.8) is 0 Å². The quantitative estimate of drug-likeness (QED) is 0.432. The molecular formula is C20H18N4O4S3. The van der Waals surface area contributed by atoms with Gasteiger partial charge >= 0.3 is 0 Å². The summed E-state index contributed by atoms with van der Waals surface area (Å²) in [6, 6.07) is 10.6. The van der Waals surface area contributed by atoms with Crippen LogP contribution < -0.4 is 9.62 Å². The summed E-state index contributed by atoms with van der Waals surface area (Å²) in [7, 11) is -1.82. The highest BCUT2D eigenvalue weighted by Gasteiger charge is 2.14. The molecule has 0 radical (unpaired) electrons. The van der Waals surface area contributed by atoms with Crippen LogP contribution in [0.2, 0.25) is 0 Å². The molecule has 3 aromatic heterocycles. The van der Waals surface area contributed by atoms with Gasteiger partial charge in [-0.15, -0.1) is 22.7 Å². The van der Waals surface area contributed by atoms with Gasteiger partial charge in [0.05, 0.1) is 36.0 Å². The van der Waals surface area contributed by atoms with Crippen molar-refractivity contribution in [3.05, 3.63) is 59.1 Å². The van der Waals surface area contributed by atoms with Crippen molar-refractivity contribution in [2.24, 2.45) is 0 Å². The van der Waals surface area contributed by atoms with Crippen molar-refractivity contribution >= 4 is 49.4 Å². The first-order valence-electron chi connectivity index (χ1n) is 9.07. The molecule has 0 saturated carbocycles. The largest absolute Gasteiger partial charge is 0.462 e. The molecule has 1 amide bonds. The standard InChI is InChI=1S/C20H18N4O4S3/c1-24(31(2,26)27)15-7-5-13(6-8-15)16-12-30-20(22-16)23-18(25)10-14-11-29-19(21-14)17-4-3-9-28-17/h3-9,11-12H,10H2,1-2H3,(H,22,23,25). The molecule has 0 atom stereocenters. The van der Waals surface area contributed by atoms with Crippen molar-refractivity contribution < 1.29 is 17.6 Å². The van der Waals surface area contributed by atoms with Gasteiger partial charge in [0, 0.05) is 23.4 Å². The Balaban J connectivity index is 1.39. The van der Waals surface area contributed by atoms with Crippen LogP contribution in [0.5, 0.6) is 0 Å². The number of sulfonamides is 1. The Labute approximate surface area is 187 Å². The predicted molar refractivity (Wildman–Crippen MR) is 123 cm³/mol. The van der Waals surface area contributed by atoms with Crippen LogP contribution in [0.1, 0.15) is 5.69 Å². The van der Waals surface area contributed by atoms with Gasteiger partial charge < -0.3 is 9.73 Å². The maximum Gasteiger partial charge on any atom is 0.232 e. The van der Waals surface area contributed by atoms with Gasteiger partial charge in [-0.3, -0.25) is 9.10 Å². The van der Waals surface area contributed by atoms with Gasteiger partial charge in [0.2, 0.25) is 15.9 Å². The number of carbonyl (C=O) groups is 1. The summed E-state index contributed by atoms with van der Waals surface area (Å²) in [6.07, 6.45) is 2.87. The summed E-state index contributed by atoms with van der Waals surface area (Å²) in [5.41, 5.74) is 2.75. The molecule has 4 aromatic rings. The first kappa shape index (κ1) is 21.2. The smallest absolute Gasteiger partial charge is 0.232 e. The molecule has 1 aromatic carbocycles. The third kappa shape index (κ3) is 5.01. The zero-order valence-corrected chi connectivity index (χ0v) is 19.1. The number of hydrogen-bond acceptors (Lipinski definition) is 8. The molecule has 0 bridgehead atoms. The fourth-order valence-electron chi connectivity index (χ4n) is 2.73. The van der Waals surface area contributed by atoms with Crippen LogP contribution in [0, 0.1) is 0 Å². The Kier molecular flexibility index (Phi) is 5.90. The molecule has 31 heavy (non-hydrogen) atoms. The van der Waals surface area contributed by atoms with E-state index in [-0.39, 0.29) is 12.3 Å². The van der Waals surface area contributed by atoms with Crippen LogP contribution in [0.4, 0.5) is 10.8 Å². The Morgan fingerprint density at radius 1 is 1.13 bits per heavy atom. The van der Waals surface area contributed by atoms with Crippen LogP contribution in [0.25, 0.3) is 22.0 Å². The lowest BCUT2D eigenvalue weighted by molar-refractivity contribution is -0.115. The van der Waals surface area contributed by atoms with Gasteiger partial charge in [-0.05, 0) is 24.3 Å². The van der Waals surface area contributed by atoms with E-state index in [1.54, 1.807) is 36.6 Å². The minimum absolute atomic E-state index is 0.138. The molecule has 0 unspecified atom stereocenters. The number of aromatic nitrogens is 2. The van der Waals surface area contributed by atoms with Gasteiger partial charge in [0.25, 0.3) is 0 Å². The van der Waals surface area contributed by atoms with Crippen molar-refractivity contribution in [1.29, 1.82) is 0 Å². The minimum atomic E-state index is -3.32. The van der Waals surface area contributed by atoms with Crippen LogP contribution in [0.3, 0.4) is 0 Å². The van der Waals surface area contributed by atoms with E-state index in [9.17, 15) is 13.2 Å². The van der Waals surface area contributed by atoms with Crippen LogP contribution >= 0.6 is 22.7 Å². The minimum Gasteiger partial charge on any atom is -0.462 e. The number of nitrogens with zero attached hydrogens (tertiary/aromatic N) is 3. The first-order chi connectivity index (χ1) is 14.8. The van der Waals surface area contributed by atoms with E-state index in [0.717, 1.165) is 16.8 Å². The molecule has 0 saturated heterocycles. The molecule has 160 valence electrons. The van der Waals surface area contributed by atoms with E-state index in [0.29, 0.717) is 28.0 Å². The molecule has 4 rings (SSSR count). The fourth-order valence-corrected chi connectivity index (χ4v) is 4.75. The van der Waals surface area contributed by atoms with Crippen molar-refractivity contribution in [3.8, 4) is 22.0 Å². The predicted octanol–water partition coefficient (Wildman–Crippen LogP) is 4.10. The number of rotatable bonds is 7. The molecule has 11 heteroatoms. The second-order valence-corrected chi connectivity index (χ2v) is 10.4. The topological polar surface area (TPSA) is 105 Å². The highest BCUT2D eigenvalue weighted by atomic mass is 32.2. The average Bonchev–Trinajstić information content (AvgIpc) is 3.48. The number of anilines is 2. The summed E-state index contributed by atoms with van der Waals surface area (Å²) in [5, 5.41) is 7.68. The van der Waals surface area contributed by atoms with E-state index >= 15 is 0 Å². The Hall–Kier alpha value is -3.02. The fraction of sp³-hybridized carbons (Fsp3) is 0.150. The highest BCUT2D eigenvalue weighted by Crippen LogP contribution is 2.28. The molecular weight excluding hydrogens is 456 g/mol. The molecule has 3 heterocycles. The second-order valence-electron chi connectivity index (χ2n) is 6.66. The van der Waals surface area contributed by atoms with Crippen LogP contribution in [-0.4, -0.2) is 37.6 Å². The van der Waals surface area contributed by atoms with E-state index in [4.69, 9.17) is 4.42 Å². The van der Waals surface area contributed by atoms with Crippen LogP contribution in [0.15, 0.2) is 57.8 Å².